The highest BCUT2D eigenvalue weighted by molar-refractivity contribution is 4.96. The molecule has 0 bridgehead atoms. The lowest BCUT2D eigenvalue weighted by atomic mass is 10.1. The van der Waals surface area contributed by atoms with Crippen LogP contribution in [0.2, 0.25) is 0 Å². The number of aliphatic hydroxyl groups is 1. The molecule has 0 aliphatic rings. The van der Waals surface area contributed by atoms with E-state index in [1.807, 2.05) is 0 Å². The lowest BCUT2D eigenvalue weighted by Gasteiger charge is -2.13. The van der Waals surface area contributed by atoms with Crippen LogP contribution < -0.4 is 0 Å². The zero-order chi connectivity index (χ0) is 7.61. The van der Waals surface area contributed by atoms with Crippen molar-refractivity contribution in [1.82, 2.24) is 9.97 Å². The first-order chi connectivity index (χ1) is 4.61. The van der Waals surface area contributed by atoms with E-state index in [4.69, 9.17) is 0 Å². The summed E-state index contributed by atoms with van der Waals surface area (Å²) in [6.45, 7) is 3.28. The second-order valence-corrected chi connectivity index (χ2v) is 2.57. The van der Waals surface area contributed by atoms with Gasteiger partial charge in [-0.25, -0.2) is 9.97 Å². The smallest absolute Gasteiger partial charge is 0.159 e. The molecule has 0 spiro atoms. The minimum absolute atomic E-state index is 0.422. The molecule has 0 fully saturated rings. The molecule has 1 heterocycles. The first-order valence-electron chi connectivity index (χ1n) is 3.01. The summed E-state index contributed by atoms with van der Waals surface area (Å²) < 4.78 is 0. The van der Waals surface area contributed by atoms with Crippen LogP contribution in [-0.4, -0.2) is 15.1 Å². The van der Waals surface area contributed by atoms with Gasteiger partial charge < -0.3 is 5.11 Å². The molecule has 3 heteroatoms. The normalized spacial score (nSPS) is 11.5. The van der Waals surface area contributed by atoms with Crippen LogP contribution in [0.15, 0.2) is 12.4 Å². The van der Waals surface area contributed by atoms with Crippen molar-refractivity contribution in [2.75, 3.05) is 0 Å². The number of rotatable bonds is 1. The molecule has 0 unspecified atom stereocenters. The van der Waals surface area contributed by atoms with Crippen molar-refractivity contribution in [3.05, 3.63) is 24.3 Å². The van der Waals surface area contributed by atoms with Crippen LogP contribution in [0.25, 0.3) is 0 Å². The first-order valence-corrected chi connectivity index (χ1v) is 3.01. The van der Waals surface area contributed by atoms with Gasteiger partial charge >= 0.3 is 0 Å². The fourth-order valence-corrected chi connectivity index (χ4v) is 0.579. The van der Waals surface area contributed by atoms with E-state index in [1.165, 1.54) is 12.4 Å². The fraction of sp³-hybridized carbons (Fsp3) is 0.429. The standard InChI is InChI=1S/C7H9N2O/c1-7(2,10)6-8-4-3-5-9-6/h4-5,10H,1-2H3. The zero-order valence-corrected chi connectivity index (χ0v) is 6.00. The van der Waals surface area contributed by atoms with Gasteiger partial charge in [0, 0.05) is 18.5 Å². The Balaban J connectivity index is 2.97. The molecule has 10 heavy (non-hydrogen) atoms. The molecule has 1 N–H and O–H groups in total. The Morgan fingerprint density at radius 1 is 1.40 bits per heavy atom. The third-order valence-corrected chi connectivity index (χ3v) is 1.07. The van der Waals surface area contributed by atoms with Gasteiger partial charge in [0.2, 0.25) is 0 Å². The predicted octanol–water partition coefficient (Wildman–Crippen LogP) is 0.504. The number of aromatic nitrogens is 2. The van der Waals surface area contributed by atoms with E-state index >= 15 is 0 Å². The average molecular weight is 137 g/mol. The molecular weight excluding hydrogens is 128 g/mol. The van der Waals surface area contributed by atoms with Crippen LogP contribution in [0.4, 0.5) is 0 Å². The Labute approximate surface area is 59.8 Å². The van der Waals surface area contributed by atoms with E-state index in [0.717, 1.165) is 0 Å². The van der Waals surface area contributed by atoms with Gasteiger partial charge in [-0.05, 0) is 13.8 Å². The van der Waals surface area contributed by atoms with Crippen LogP contribution in [-0.2, 0) is 5.60 Å². The van der Waals surface area contributed by atoms with E-state index in [2.05, 4.69) is 16.0 Å². The van der Waals surface area contributed by atoms with Gasteiger partial charge in [-0.3, -0.25) is 0 Å². The van der Waals surface area contributed by atoms with E-state index < -0.39 is 5.60 Å². The minimum Gasteiger partial charge on any atom is -0.382 e. The summed E-state index contributed by atoms with van der Waals surface area (Å²) in [5.74, 6) is 0.422. The lowest BCUT2D eigenvalue weighted by molar-refractivity contribution is 0.0686. The van der Waals surface area contributed by atoms with Crippen molar-refractivity contribution in [3.8, 4) is 0 Å². The largest absolute Gasteiger partial charge is 0.382 e. The van der Waals surface area contributed by atoms with Crippen LogP contribution in [0, 0.1) is 6.07 Å². The van der Waals surface area contributed by atoms with Crippen LogP contribution >= 0.6 is 0 Å². The van der Waals surface area contributed by atoms with Gasteiger partial charge in [0.25, 0.3) is 0 Å². The van der Waals surface area contributed by atoms with Crippen molar-refractivity contribution < 1.29 is 5.11 Å². The highest BCUT2D eigenvalue weighted by atomic mass is 16.3. The second kappa shape index (κ2) is 2.34. The molecule has 0 aromatic carbocycles. The summed E-state index contributed by atoms with van der Waals surface area (Å²) >= 11 is 0. The number of hydrogen-bond donors (Lipinski definition) is 1. The average Bonchev–Trinajstić information content (AvgIpc) is 1.88. The summed E-state index contributed by atoms with van der Waals surface area (Å²) in [6.07, 6.45) is 2.97. The summed E-state index contributed by atoms with van der Waals surface area (Å²) in [6, 6.07) is 2.67. The number of hydrogen-bond acceptors (Lipinski definition) is 3. The maximum Gasteiger partial charge on any atom is 0.159 e. The molecule has 1 aromatic rings. The summed E-state index contributed by atoms with van der Waals surface area (Å²) in [4.78, 5) is 7.67. The summed E-state index contributed by atoms with van der Waals surface area (Å²) in [7, 11) is 0. The van der Waals surface area contributed by atoms with Crippen molar-refractivity contribution in [2.45, 2.75) is 19.4 Å². The molecule has 0 aliphatic heterocycles. The zero-order valence-electron chi connectivity index (χ0n) is 6.00. The molecule has 0 aliphatic carbocycles. The maximum atomic E-state index is 9.35. The molecule has 0 atom stereocenters. The third-order valence-electron chi connectivity index (χ3n) is 1.07. The maximum absolute atomic E-state index is 9.35. The Bertz CT molecular complexity index is 203. The highest BCUT2D eigenvalue weighted by Crippen LogP contribution is 2.12. The Morgan fingerprint density at radius 3 is 2.20 bits per heavy atom. The van der Waals surface area contributed by atoms with Gasteiger partial charge in [-0.2, -0.15) is 0 Å². The molecular formula is C7H9N2O. The van der Waals surface area contributed by atoms with Crippen molar-refractivity contribution in [1.29, 1.82) is 0 Å². The topological polar surface area (TPSA) is 46.0 Å². The Morgan fingerprint density at radius 2 is 1.90 bits per heavy atom. The van der Waals surface area contributed by atoms with Crippen LogP contribution in [0.5, 0.6) is 0 Å². The molecule has 0 amide bonds. The van der Waals surface area contributed by atoms with Crippen molar-refractivity contribution >= 4 is 0 Å². The van der Waals surface area contributed by atoms with Gasteiger partial charge in [-0.15, -0.1) is 0 Å². The van der Waals surface area contributed by atoms with E-state index in [9.17, 15) is 5.11 Å². The molecule has 1 radical (unpaired) electrons. The number of nitrogens with zero attached hydrogens (tertiary/aromatic N) is 2. The highest BCUT2D eigenvalue weighted by Gasteiger charge is 2.17. The second-order valence-electron chi connectivity index (χ2n) is 2.57. The molecule has 53 valence electrons. The van der Waals surface area contributed by atoms with Crippen LogP contribution in [0.1, 0.15) is 19.7 Å². The minimum atomic E-state index is -0.949. The Kier molecular flexibility index (Phi) is 1.68. The molecule has 1 aromatic heterocycles. The lowest BCUT2D eigenvalue weighted by Crippen LogP contribution is -2.18. The third kappa shape index (κ3) is 1.51. The summed E-state index contributed by atoms with van der Waals surface area (Å²) in [5.41, 5.74) is -0.949. The predicted molar refractivity (Wildman–Crippen MR) is 36.1 cm³/mol. The quantitative estimate of drug-likeness (QED) is 0.613. The van der Waals surface area contributed by atoms with Gasteiger partial charge in [0.1, 0.15) is 5.60 Å². The molecule has 3 nitrogen and oxygen atoms in total. The van der Waals surface area contributed by atoms with Gasteiger partial charge in [-0.1, -0.05) is 0 Å². The molecule has 0 saturated heterocycles. The summed E-state index contributed by atoms with van der Waals surface area (Å²) in [5, 5.41) is 9.35. The van der Waals surface area contributed by atoms with Gasteiger partial charge in [0.05, 0.1) is 0 Å². The van der Waals surface area contributed by atoms with Crippen molar-refractivity contribution in [2.24, 2.45) is 0 Å². The SMILES string of the molecule is CC(C)(O)c1nc[c]cn1. The van der Waals surface area contributed by atoms with E-state index in [0.29, 0.717) is 5.82 Å². The van der Waals surface area contributed by atoms with E-state index in [-0.39, 0.29) is 0 Å². The molecule has 1 rings (SSSR count). The van der Waals surface area contributed by atoms with E-state index in [1.54, 1.807) is 13.8 Å². The van der Waals surface area contributed by atoms with Crippen molar-refractivity contribution in [3.63, 3.8) is 0 Å². The molecule has 0 saturated carbocycles. The first kappa shape index (κ1) is 7.15. The fourth-order valence-electron chi connectivity index (χ4n) is 0.579. The monoisotopic (exact) mass is 137 g/mol. The Hall–Kier alpha value is -0.960. The van der Waals surface area contributed by atoms with Gasteiger partial charge in [0.15, 0.2) is 5.82 Å². The van der Waals surface area contributed by atoms with Crippen LogP contribution in [0.3, 0.4) is 0 Å².